The number of carbonyl (C=O) groups excluding carboxylic acids is 1. The lowest BCUT2D eigenvalue weighted by Crippen LogP contribution is -2.07. The topological polar surface area (TPSA) is 47.8 Å². The molecule has 2 rings (SSSR count). The van der Waals surface area contributed by atoms with Crippen LogP contribution in [0.3, 0.4) is 0 Å². The minimum Gasteiger partial charge on any atom is -0.312 e. The van der Waals surface area contributed by atoms with E-state index in [0.717, 1.165) is 36.6 Å². The second-order valence-electron chi connectivity index (χ2n) is 3.92. The first kappa shape index (κ1) is 10.7. The highest BCUT2D eigenvalue weighted by molar-refractivity contribution is 7.99. The molecule has 4 nitrogen and oxygen atoms in total. The van der Waals surface area contributed by atoms with E-state index >= 15 is 0 Å². The Hall–Kier alpha value is -0.840. The van der Waals surface area contributed by atoms with Gasteiger partial charge < -0.3 is 4.57 Å². The Morgan fingerprint density at radius 2 is 2.53 bits per heavy atom. The van der Waals surface area contributed by atoms with E-state index < -0.39 is 0 Å². The van der Waals surface area contributed by atoms with Gasteiger partial charge in [0, 0.05) is 25.1 Å². The van der Waals surface area contributed by atoms with Crippen LogP contribution in [0.2, 0.25) is 0 Å². The first-order chi connectivity index (χ1) is 7.27. The van der Waals surface area contributed by atoms with Gasteiger partial charge in [0.05, 0.1) is 0 Å². The zero-order valence-electron chi connectivity index (χ0n) is 8.85. The van der Waals surface area contributed by atoms with Crippen molar-refractivity contribution in [3.8, 4) is 0 Å². The molecule has 1 unspecified atom stereocenters. The van der Waals surface area contributed by atoms with Crippen LogP contribution in [-0.4, -0.2) is 26.3 Å². The zero-order chi connectivity index (χ0) is 10.7. The summed E-state index contributed by atoms with van der Waals surface area (Å²) in [6.07, 6.45) is 5.63. The summed E-state index contributed by atoms with van der Waals surface area (Å²) in [5, 5.41) is 8.73. The van der Waals surface area contributed by atoms with Crippen LogP contribution in [0, 0.1) is 5.92 Å². The second kappa shape index (κ2) is 4.79. The Labute approximate surface area is 93.5 Å². The molecule has 15 heavy (non-hydrogen) atoms. The molecule has 1 fully saturated rings. The van der Waals surface area contributed by atoms with Crippen LogP contribution in [0.15, 0.2) is 11.5 Å². The van der Waals surface area contributed by atoms with Crippen molar-refractivity contribution in [1.82, 2.24) is 14.8 Å². The largest absolute Gasteiger partial charge is 0.312 e. The summed E-state index contributed by atoms with van der Waals surface area (Å²) in [6, 6.07) is 0. The number of thioether (sulfide) groups is 1. The van der Waals surface area contributed by atoms with E-state index in [1.54, 1.807) is 18.1 Å². The number of hydrogen-bond acceptors (Lipinski definition) is 4. The number of nitrogens with zero attached hydrogens (tertiary/aromatic N) is 3. The SMILES string of the molecule is Cn1cnnc1SCCC1CCCC1=O. The molecule has 0 saturated heterocycles. The van der Waals surface area contributed by atoms with Crippen molar-refractivity contribution in [1.29, 1.82) is 0 Å². The number of aryl methyl sites for hydroxylation is 1. The molecule has 0 N–H and O–H groups in total. The van der Waals surface area contributed by atoms with E-state index in [2.05, 4.69) is 10.2 Å². The Morgan fingerprint density at radius 1 is 1.67 bits per heavy atom. The minimum absolute atomic E-state index is 0.311. The molecule has 1 atom stereocenters. The molecule has 1 aliphatic carbocycles. The van der Waals surface area contributed by atoms with Gasteiger partial charge in [0.1, 0.15) is 12.1 Å². The van der Waals surface area contributed by atoms with Crippen LogP contribution >= 0.6 is 11.8 Å². The summed E-state index contributed by atoms with van der Waals surface area (Å²) in [4.78, 5) is 11.4. The summed E-state index contributed by atoms with van der Waals surface area (Å²) >= 11 is 1.68. The van der Waals surface area contributed by atoms with E-state index in [4.69, 9.17) is 0 Å². The van der Waals surface area contributed by atoms with Gasteiger partial charge >= 0.3 is 0 Å². The molecule has 5 heteroatoms. The third kappa shape index (κ3) is 2.59. The van der Waals surface area contributed by atoms with Crippen molar-refractivity contribution < 1.29 is 4.79 Å². The molecule has 0 bridgehead atoms. The van der Waals surface area contributed by atoms with Crippen LogP contribution in [0.1, 0.15) is 25.7 Å². The lowest BCUT2D eigenvalue weighted by atomic mass is 10.1. The van der Waals surface area contributed by atoms with Gasteiger partial charge in [0.15, 0.2) is 5.16 Å². The minimum atomic E-state index is 0.311. The molecule has 1 aliphatic rings. The number of rotatable bonds is 4. The quantitative estimate of drug-likeness (QED) is 0.731. The summed E-state index contributed by atoms with van der Waals surface area (Å²) in [6.45, 7) is 0. The predicted molar refractivity (Wildman–Crippen MR) is 58.7 cm³/mol. The van der Waals surface area contributed by atoms with Gasteiger partial charge in [-0.15, -0.1) is 10.2 Å². The molecular weight excluding hydrogens is 210 g/mol. The van der Waals surface area contributed by atoms with E-state index in [9.17, 15) is 4.79 Å². The molecular formula is C10H15N3OS. The van der Waals surface area contributed by atoms with Gasteiger partial charge in [-0.05, 0) is 19.3 Å². The average molecular weight is 225 g/mol. The molecule has 0 radical (unpaired) electrons. The molecule has 0 amide bonds. The van der Waals surface area contributed by atoms with Gasteiger partial charge in [-0.25, -0.2) is 0 Å². The number of Topliss-reactive ketones (excluding diaryl/α,β-unsaturated/α-hetero) is 1. The van der Waals surface area contributed by atoms with Crippen LogP contribution in [0.25, 0.3) is 0 Å². The Balaban J connectivity index is 1.75. The molecule has 0 aliphatic heterocycles. The van der Waals surface area contributed by atoms with Gasteiger partial charge in [0.2, 0.25) is 0 Å². The van der Waals surface area contributed by atoms with Crippen molar-refractivity contribution in [3.05, 3.63) is 6.33 Å². The fourth-order valence-electron chi connectivity index (χ4n) is 1.89. The molecule has 1 saturated carbocycles. The molecule has 0 aromatic carbocycles. The summed E-state index contributed by atoms with van der Waals surface area (Å²) in [7, 11) is 1.93. The molecule has 0 spiro atoms. The maximum Gasteiger partial charge on any atom is 0.190 e. The monoisotopic (exact) mass is 225 g/mol. The summed E-state index contributed by atoms with van der Waals surface area (Å²) < 4.78 is 1.90. The maximum atomic E-state index is 11.4. The smallest absolute Gasteiger partial charge is 0.190 e. The summed E-state index contributed by atoms with van der Waals surface area (Å²) in [5.74, 6) is 1.72. The number of carbonyl (C=O) groups is 1. The summed E-state index contributed by atoms with van der Waals surface area (Å²) in [5.41, 5.74) is 0. The molecule has 82 valence electrons. The van der Waals surface area contributed by atoms with Gasteiger partial charge in [0.25, 0.3) is 0 Å². The highest BCUT2D eigenvalue weighted by atomic mass is 32.2. The van der Waals surface area contributed by atoms with Gasteiger partial charge in [-0.3, -0.25) is 4.79 Å². The maximum absolute atomic E-state index is 11.4. The number of aromatic nitrogens is 3. The average Bonchev–Trinajstić information content (AvgIpc) is 2.78. The number of hydrogen-bond donors (Lipinski definition) is 0. The molecule has 1 aromatic heterocycles. The van der Waals surface area contributed by atoms with Crippen molar-refractivity contribution >= 4 is 17.5 Å². The normalized spacial score (nSPS) is 21.1. The lowest BCUT2D eigenvalue weighted by molar-refractivity contribution is -0.120. The fourth-order valence-corrected chi connectivity index (χ4v) is 2.83. The van der Waals surface area contributed by atoms with Crippen LogP contribution < -0.4 is 0 Å². The fraction of sp³-hybridized carbons (Fsp3) is 0.700. The third-order valence-corrected chi connectivity index (χ3v) is 3.87. The van der Waals surface area contributed by atoms with Gasteiger partial charge in [-0.1, -0.05) is 11.8 Å². The van der Waals surface area contributed by atoms with E-state index in [0.29, 0.717) is 11.7 Å². The predicted octanol–water partition coefficient (Wildman–Crippen LogP) is 1.67. The van der Waals surface area contributed by atoms with Crippen molar-refractivity contribution in [3.63, 3.8) is 0 Å². The highest BCUT2D eigenvalue weighted by Crippen LogP contribution is 2.27. The first-order valence-electron chi connectivity index (χ1n) is 5.27. The zero-order valence-corrected chi connectivity index (χ0v) is 9.66. The van der Waals surface area contributed by atoms with Crippen LogP contribution in [0.5, 0.6) is 0 Å². The van der Waals surface area contributed by atoms with Crippen LogP contribution in [-0.2, 0) is 11.8 Å². The van der Waals surface area contributed by atoms with Crippen molar-refractivity contribution in [2.45, 2.75) is 30.8 Å². The van der Waals surface area contributed by atoms with Crippen LogP contribution in [0.4, 0.5) is 0 Å². The van der Waals surface area contributed by atoms with E-state index in [-0.39, 0.29) is 0 Å². The Kier molecular flexibility index (Phi) is 3.41. The standard InChI is InChI=1S/C10H15N3OS/c1-13-7-11-12-10(13)15-6-5-8-3-2-4-9(8)14/h7-8H,2-6H2,1H3. The highest BCUT2D eigenvalue weighted by Gasteiger charge is 2.23. The number of ketones is 1. The van der Waals surface area contributed by atoms with Gasteiger partial charge in [-0.2, -0.15) is 0 Å². The Morgan fingerprint density at radius 3 is 3.13 bits per heavy atom. The van der Waals surface area contributed by atoms with Crippen molar-refractivity contribution in [2.75, 3.05) is 5.75 Å². The van der Waals surface area contributed by atoms with E-state index in [1.165, 1.54) is 0 Å². The third-order valence-electron chi connectivity index (χ3n) is 2.80. The second-order valence-corrected chi connectivity index (χ2v) is 4.98. The van der Waals surface area contributed by atoms with E-state index in [1.807, 2.05) is 11.6 Å². The molecule has 1 heterocycles. The van der Waals surface area contributed by atoms with Crippen molar-refractivity contribution in [2.24, 2.45) is 13.0 Å². The lowest BCUT2D eigenvalue weighted by Gasteiger charge is -2.06. The Bertz CT molecular complexity index is 350. The first-order valence-corrected chi connectivity index (χ1v) is 6.25. The molecule has 1 aromatic rings.